The number of ether oxygens (including phenoxy) is 1. The second-order valence-electron chi connectivity index (χ2n) is 9.47. The number of aryl methyl sites for hydroxylation is 2. The number of pyridine rings is 1. The monoisotopic (exact) mass is 652 g/mol. The lowest BCUT2D eigenvalue weighted by atomic mass is 9.96. The number of halogens is 4. The zero-order chi connectivity index (χ0) is 28.5. The van der Waals surface area contributed by atoms with Gasteiger partial charge in [0.2, 0.25) is 5.88 Å². The van der Waals surface area contributed by atoms with Crippen molar-refractivity contribution in [3.05, 3.63) is 62.5 Å². The number of amides is 2. The van der Waals surface area contributed by atoms with Crippen LogP contribution >= 0.6 is 22.6 Å². The molecule has 3 aromatic rings. The molecule has 0 aliphatic heterocycles. The van der Waals surface area contributed by atoms with E-state index in [1.807, 2.05) is 22.6 Å². The summed E-state index contributed by atoms with van der Waals surface area (Å²) in [5.41, 5.74) is 0.296. The van der Waals surface area contributed by atoms with Crippen molar-refractivity contribution >= 4 is 40.1 Å². The Morgan fingerprint density at radius 2 is 1.92 bits per heavy atom. The largest absolute Gasteiger partial charge is 0.467 e. The van der Waals surface area contributed by atoms with Gasteiger partial charge in [0.15, 0.2) is 12.4 Å². The molecule has 1 aliphatic carbocycles. The number of benzene rings is 1. The molecule has 204 valence electrons. The first-order valence-corrected chi connectivity index (χ1v) is 13.0. The molecule has 1 fully saturated rings. The van der Waals surface area contributed by atoms with E-state index in [1.165, 1.54) is 6.20 Å². The molecular weight excluding hydrogens is 628 g/mol. The quantitative estimate of drug-likeness (QED) is 0.327. The normalized spacial score (nSPS) is 14.7. The minimum absolute atomic E-state index is 0.0412. The van der Waals surface area contributed by atoms with Crippen LogP contribution in [0.25, 0.3) is 5.82 Å². The maximum Gasteiger partial charge on any atom is 0.422 e. The highest BCUT2D eigenvalue weighted by Crippen LogP contribution is 2.39. The van der Waals surface area contributed by atoms with Crippen molar-refractivity contribution in [3.63, 3.8) is 0 Å². The third-order valence-corrected chi connectivity index (χ3v) is 6.89. The molecule has 2 N–H and O–H groups in total. The number of nitrogens with zero attached hydrogens (tertiary/aromatic N) is 4. The van der Waals surface area contributed by atoms with Gasteiger partial charge in [0.05, 0.1) is 17.3 Å². The molecule has 1 saturated carbocycles. The predicted octanol–water partition coefficient (Wildman–Crippen LogP) is 5.10. The van der Waals surface area contributed by atoms with E-state index in [2.05, 4.69) is 26.8 Å². The lowest BCUT2D eigenvalue weighted by molar-refractivity contribution is -0.154. The Hall–Kier alpha value is -3.67. The third kappa shape index (κ3) is 6.49. The van der Waals surface area contributed by atoms with E-state index in [0.29, 0.717) is 11.1 Å². The summed E-state index contributed by atoms with van der Waals surface area (Å²) in [6, 6.07) is 9.98. The molecule has 1 atom stereocenters. The topological polar surface area (TPSA) is 122 Å². The molecule has 0 radical (unpaired) electrons. The van der Waals surface area contributed by atoms with Gasteiger partial charge in [-0.25, -0.2) is 9.67 Å². The maximum atomic E-state index is 13.5. The van der Waals surface area contributed by atoms with E-state index in [9.17, 15) is 28.0 Å². The third-order valence-electron chi connectivity index (χ3n) is 6.27. The average Bonchev–Trinajstić information content (AvgIpc) is 3.64. The van der Waals surface area contributed by atoms with Crippen LogP contribution in [0.1, 0.15) is 51.7 Å². The van der Waals surface area contributed by atoms with Crippen LogP contribution in [0.4, 0.5) is 18.9 Å². The average molecular weight is 652 g/mol. The Kier molecular flexibility index (Phi) is 7.87. The van der Waals surface area contributed by atoms with Crippen LogP contribution in [-0.2, 0) is 0 Å². The highest BCUT2D eigenvalue weighted by molar-refractivity contribution is 14.1. The number of hydrogen-bond donors (Lipinski definition) is 2. The first kappa shape index (κ1) is 28.3. The molecule has 0 bridgehead atoms. The molecule has 2 amide bonds. The van der Waals surface area contributed by atoms with Crippen LogP contribution in [0.2, 0.25) is 0 Å². The zero-order valence-electron chi connectivity index (χ0n) is 21.2. The van der Waals surface area contributed by atoms with Gasteiger partial charge in [0, 0.05) is 15.8 Å². The van der Waals surface area contributed by atoms with Crippen molar-refractivity contribution < 1.29 is 27.5 Å². The van der Waals surface area contributed by atoms with Crippen LogP contribution in [-0.4, -0.2) is 44.9 Å². The number of nitriles is 1. The van der Waals surface area contributed by atoms with Gasteiger partial charge >= 0.3 is 6.18 Å². The lowest BCUT2D eigenvalue weighted by Crippen LogP contribution is -2.47. The molecule has 2 heterocycles. The molecule has 0 spiro atoms. The summed E-state index contributed by atoms with van der Waals surface area (Å²) < 4.78 is 44.9. The number of rotatable bonds is 8. The van der Waals surface area contributed by atoms with E-state index in [0.717, 1.165) is 27.2 Å². The van der Waals surface area contributed by atoms with Crippen LogP contribution in [0, 0.1) is 34.7 Å². The van der Waals surface area contributed by atoms with Gasteiger partial charge in [0.1, 0.15) is 11.2 Å². The zero-order valence-corrected chi connectivity index (χ0v) is 23.3. The Balaban J connectivity index is 1.71. The summed E-state index contributed by atoms with van der Waals surface area (Å²) in [4.78, 5) is 31.1. The number of hydrogen-bond acceptors (Lipinski definition) is 6. The molecule has 9 nitrogen and oxygen atoms in total. The second kappa shape index (κ2) is 10.8. The summed E-state index contributed by atoms with van der Waals surface area (Å²) >= 11 is 2.05. The Morgan fingerprint density at radius 3 is 2.54 bits per heavy atom. The van der Waals surface area contributed by atoms with Crippen molar-refractivity contribution in [2.45, 2.75) is 45.3 Å². The van der Waals surface area contributed by atoms with Crippen LogP contribution in [0.15, 0.2) is 36.5 Å². The molecule has 1 aromatic carbocycles. The van der Waals surface area contributed by atoms with Gasteiger partial charge in [-0.3, -0.25) is 9.59 Å². The molecule has 2 aromatic heterocycles. The van der Waals surface area contributed by atoms with Crippen LogP contribution in [0.3, 0.4) is 0 Å². The minimum atomic E-state index is -4.61. The van der Waals surface area contributed by atoms with Crippen molar-refractivity contribution in [3.8, 4) is 17.8 Å². The number of carbonyl (C=O) groups is 2. The van der Waals surface area contributed by atoms with E-state index in [-0.39, 0.29) is 28.7 Å². The Morgan fingerprint density at radius 1 is 1.21 bits per heavy atom. The summed E-state index contributed by atoms with van der Waals surface area (Å²) in [6.45, 7) is 3.49. The maximum absolute atomic E-state index is 13.5. The number of carbonyl (C=O) groups excluding carboxylic acids is 2. The van der Waals surface area contributed by atoms with Crippen molar-refractivity contribution in [1.82, 2.24) is 20.1 Å². The van der Waals surface area contributed by atoms with E-state index in [4.69, 9.17) is 4.74 Å². The van der Waals surface area contributed by atoms with Gasteiger partial charge in [-0.05, 0) is 91.4 Å². The summed E-state index contributed by atoms with van der Waals surface area (Å²) in [5, 5.41) is 19.2. The highest BCUT2D eigenvalue weighted by atomic mass is 127. The summed E-state index contributed by atoms with van der Waals surface area (Å²) in [5.74, 6) is -1.45. The molecular formula is C26H24F3IN6O3. The number of anilines is 1. The Labute approximate surface area is 235 Å². The van der Waals surface area contributed by atoms with Gasteiger partial charge < -0.3 is 15.4 Å². The van der Waals surface area contributed by atoms with Crippen LogP contribution < -0.4 is 15.4 Å². The fourth-order valence-corrected chi connectivity index (χ4v) is 4.84. The van der Waals surface area contributed by atoms with E-state index >= 15 is 0 Å². The van der Waals surface area contributed by atoms with Gasteiger partial charge in [-0.15, -0.1) is 5.10 Å². The standard InChI is InChI=1S/C26H24F3IN6O3/c1-14-5-4-8-32-22(14)36-19(11-20(35-36)39-13-26(27,28)29)24(38)33-21-15(2)9-17(30)10-18(21)23(37)34-25(3,12-31)16-6-7-16/h4-5,8-11,16H,6-7,13H2,1-3H3,(H,33,38)(H,34,37). The lowest BCUT2D eigenvalue weighted by Gasteiger charge is -2.24. The summed E-state index contributed by atoms with van der Waals surface area (Å²) in [6.07, 6.45) is -1.49. The minimum Gasteiger partial charge on any atom is -0.467 e. The smallest absolute Gasteiger partial charge is 0.422 e. The molecule has 13 heteroatoms. The first-order chi connectivity index (χ1) is 18.3. The molecule has 1 aliphatic rings. The van der Waals surface area contributed by atoms with Crippen molar-refractivity contribution in [2.75, 3.05) is 11.9 Å². The summed E-state index contributed by atoms with van der Waals surface area (Å²) in [7, 11) is 0. The van der Waals surface area contributed by atoms with Crippen LogP contribution in [0.5, 0.6) is 5.88 Å². The predicted molar refractivity (Wildman–Crippen MR) is 144 cm³/mol. The number of aromatic nitrogens is 3. The van der Waals surface area contributed by atoms with Gasteiger partial charge in [-0.2, -0.15) is 18.4 Å². The second-order valence-corrected chi connectivity index (χ2v) is 10.7. The van der Waals surface area contributed by atoms with Crippen molar-refractivity contribution in [1.29, 1.82) is 5.26 Å². The number of alkyl halides is 3. The fourth-order valence-electron chi connectivity index (χ4n) is 4.06. The first-order valence-electron chi connectivity index (χ1n) is 11.9. The molecule has 4 rings (SSSR count). The van der Waals surface area contributed by atoms with Crippen molar-refractivity contribution in [2.24, 2.45) is 5.92 Å². The SMILES string of the molecule is Cc1cccnc1-n1nc(OCC(F)(F)F)cc1C(=O)Nc1c(C)cc(I)cc1C(=O)NC(C)(C#N)C1CC1. The highest BCUT2D eigenvalue weighted by Gasteiger charge is 2.43. The number of nitrogens with one attached hydrogen (secondary N) is 2. The van der Waals surface area contributed by atoms with E-state index < -0.39 is 36.0 Å². The molecule has 39 heavy (non-hydrogen) atoms. The van der Waals surface area contributed by atoms with E-state index in [1.54, 1.807) is 45.0 Å². The fraction of sp³-hybridized carbons (Fsp3) is 0.346. The Bertz CT molecular complexity index is 1480. The van der Waals surface area contributed by atoms with Gasteiger partial charge in [-0.1, -0.05) is 6.07 Å². The molecule has 1 unspecified atom stereocenters. The molecule has 0 saturated heterocycles. The van der Waals surface area contributed by atoms with Gasteiger partial charge in [0.25, 0.3) is 11.8 Å².